The molecule has 0 aliphatic rings. The molecule has 1 rings (SSSR count). The molecule has 8 heteroatoms. The van der Waals surface area contributed by atoms with Crippen molar-refractivity contribution in [2.24, 2.45) is 0 Å². The van der Waals surface area contributed by atoms with Gasteiger partial charge in [-0.1, -0.05) is 19.8 Å². The largest absolute Gasteiger partial charge is 0.369 e. The molecule has 0 aliphatic carbocycles. The number of nitro groups is 1. The average molecular weight is 381 g/mol. The van der Waals surface area contributed by atoms with Crippen LogP contribution in [0.5, 0.6) is 0 Å². The van der Waals surface area contributed by atoms with E-state index in [1.54, 1.807) is 19.0 Å². The van der Waals surface area contributed by atoms with Gasteiger partial charge in [0.15, 0.2) is 9.84 Å². The number of nitrogens with zero attached hydrogens (tertiary/aromatic N) is 3. The molecule has 0 bridgehead atoms. The van der Waals surface area contributed by atoms with Crippen molar-refractivity contribution in [2.45, 2.75) is 31.6 Å². The lowest BCUT2D eigenvalue weighted by Gasteiger charge is -2.27. The van der Waals surface area contributed by atoms with Crippen LogP contribution in [0.25, 0.3) is 0 Å². The first-order chi connectivity index (χ1) is 12.2. The summed E-state index contributed by atoms with van der Waals surface area (Å²) < 4.78 is 25.9. The molecule has 26 heavy (non-hydrogen) atoms. The van der Waals surface area contributed by atoms with E-state index < -0.39 is 14.8 Å². The summed E-state index contributed by atoms with van der Waals surface area (Å²) in [6.45, 7) is 5.54. The lowest BCUT2D eigenvalue weighted by Crippen LogP contribution is -2.29. The Morgan fingerprint density at radius 3 is 2.15 bits per heavy atom. The normalized spacial score (nSPS) is 11.4. The highest BCUT2D eigenvalue weighted by molar-refractivity contribution is 7.91. The number of benzene rings is 1. The van der Waals surface area contributed by atoms with Crippen molar-refractivity contribution in [3.05, 3.63) is 27.8 Å². The number of sulfone groups is 1. The maximum Gasteiger partial charge on any atom is 0.272 e. The molecule has 1 aromatic carbocycles. The van der Waals surface area contributed by atoms with E-state index >= 15 is 0 Å². The number of rotatable bonds is 10. The molecule has 1 aromatic rings. The Morgan fingerprint density at radius 2 is 1.73 bits per heavy atom. The molecule has 0 unspecified atom stereocenters. The van der Waals surface area contributed by atoms with Gasteiger partial charge in [-0.15, -0.1) is 6.42 Å². The molecule has 0 atom stereocenters. The van der Waals surface area contributed by atoms with Crippen LogP contribution in [0.1, 0.15) is 32.3 Å². The van der Waals surface area contributed by atoms with Gasteiger partial charge in [0.25, 0.3) is 5.69 Å². The third kappa shape index (κ3) is 5.44. The molecule has 0 saturated carbocycles. The van der Waals surface area contributed by atoms with E-state index in [4.69, 9.17) is 6.42 Å². The number of anilines is 1. The van der Waals surface area contributed by atoms with E-state index in [1.165, 1.54) is 6.07 Å². The monoisotopic (exact) mass is 381 g/mol. The lowest BCUT2D eigenvalue weighted by molar-refractivity contribution is -0.385. The van der Waals surface area contributed by atoms with Gasteiger partial charge in [0.2, 0.25) is 0 Å². The molecule has 0 aliphatic heterocycles. The van der Waals surface area contributed by atoms with Gasteiger partial charge in [0, 0.05) is 31.8 Å². The Hall–Kier alpha value is -2.11. The van der Waals surface area contributed by atoms with Gasteiger partial charge < -0.3 is 9.80 Å². The third-order valence-corrected chi connectivity index (χ3v) is 5.57. The number of terminal acetylenes is 1. The summed E-state index contributed by atoms with van der Waals surface area (Å²) in [5.74, 6) is 2.31. The number of nitro benzene ring substituents is 1. The quantitative estimate of drug-likeness (QED) is 0.352. The third-order valence-electron chi connectivity index (χ3n) is 3.87. The SMILES string of the molecule is C#Cc1cc([N+](=O)[O-])cc(S(=O)(=O)CCN(C)C)c1N(CCC)CCC. The lowest BCUT2D eigenvalue weighted by atomic mass is 10.1. The van der Waals surface area contributed by atoms with E-state index in [1.807, 2.05) is 18.7 Å². The second kappa shape index (κ2) is 9.55. The number of non-ortho nitro benzene ring substituents is 1. The average Bonchev–Trinajstić information content (AvgIpc) is 2.58. The summed E-state index contributed by atoms with van der Waals surface area (Å²) in [5, 5.41) is 11.3. The second-order valence-electron chi connectivity index (χ2n) is 6.35. The maximum atomic E-state index is 13.0. The first kappa shape index (κ1) is 21.9. The van der Waals surface area contributed by atoms with Crippen molar-refractivity contribution in [2.75, 3.05) is 44.4 Å². The maximum absolute atomic E-state index is 13.0. The summed E-state index contributed by atoms with van der Waals surface area (Å²) in [4.78, 5) is 14.3. The predicted octanol–water partition coefficient (Wildman–Crippen LogP) is 2.54. The molecule has 0 saturated heterocycles. The fraction of sp³-hybridized carbons (Fsp3) is 0.556. The van der Waals surface area contributed by atoms with Gasteiger partial charge in [-0.2, -0.15) is 0 Å². The van der Waals surface area contributed by atoms with E-state index in [0.717, 1.165) is 18.9 Å². The zero-order valence-electron chi connectivity index (χ0n) is 15.9. The summed E-state index contributed by atoms with van der Waals surface area (Å²) in [6, 6.07) is 2.41. The molecule has 7 nitrogen and oxygen atoms in total. The zero-order chi connectivity index (χ0) is 19.9. The topological polar surface area (TPSA) is 83.8 Å². The second-order valence-corrected chi connectivity index (χ2v) is 8.43. The highest BCUT2D eigenvalue weighted by atomic mass is 32.2. The van der Waals surface area contributed by atoms with Gasteiger partial charge in [-0.05, 0) is 26.9 Å². The van der Waals surface area contributed by atoms with Crippen LogP contribution < -0.4 is 4.90 Å². The molecule has 144 valence electrons. The fourth-order valence-corrected chi connectivity index (χ4v) is 4.32. The Labute approximate surface area is 156 Å². The summed E-state index contributed by atoms with van der Waals surface area (Å²) in [7, 11) is -0.190. The predicted molar refractivity (Wildman–Crippen MR) is 104 cm³/mol. The van der Waals surface area contributed by atoms with Gasteiger partial charge in [0.1, 0.15) is 0 Å². The Morgan fingerprint density at radius 1 is 1.15 bits per heavy atom. The standard InChI is InChI=1S/C18H27N3O4S/c1-6-9-20(10-7-2)18-15(8-3)13-16(21(22)23)14-17(18)26(24,25)12-11-19(4)5/h3,13-14H,6-7,9-12H2,1-2,4-5H3. The van der Waals surface area contributed by atoms with Crippen LogP contribution in [0.2, 0.25) is 0 Å². The summed E-state index contributed by atoms with van der Waals surface area (Å²) >= 11 is 0. The molecule has 0 N–H and O–H groups in total. The minimum Gasteiger partial charge on any atom is -0.369 e. The first-order valence-corrected chi connectivity index (χ1v) is 10.2. The first-order valence-electron chi connectivity index (χ1n) is 8.59. The van der Waals surface area contributed by atoms with Crippen molar-refractivity contribution in [1.82, 2.24) is 4.90 Å². The summed E-state index contributed by atoms with van der Waals surface area (Å²) in [5.41, 5.74) is 0.336. The van der Waals surface area contributed by atoms with E-state index in [-0.39, 0.29) is 21.9 Å². The number of hydrogen-bond donors (Lipinski definition) is 0. The molecule has 0 aromatic heterocycles. The highest BCUT2D eigenvalue weighted by Gasteiger charge is 2.28. The van der Waals surface area contributed by atoms with Crippen molar-refractivity contribution >= 4 is 21.2 Å². The van der Waals surface area contributed by atoms with Crippen LogP contribution in [0.3, 0.4) is 0 Å². The van der Waals surface area contributed by atoms with E-state index in [2.05, 4.69) is 5.92 Å². The Balaban J connectivity index is 3.69. The zero-order valence-corrected chi connectivity index (χ0v) is 16.7. The Bertz CT molecular complexity index is 776. The van der Waals surface area contributed by atoms with Gasteiger partial charge in [-0.25, -0.2) is 8.42 Å². The van der Waals surface area contributed by atoms with Crippen LogP contribution >= 0.6 is 0 Å². The van der Waals surface area contributed by atoms with Gasteiger partial charge >= 0.3 is 0 Å². The van der Waals surface area contributed by atoms with Crippen LogP contribution in [-0.4, -0.2) is 57.7 Å². The molecule has 0 fully saturated rings. The van der Waals surface area contributed by atoms with Crippen molar-refractivity contribution in [3.8, 4) is 12.3 Å². The van der Waals surface area contributed by atoms with Crippen molar-refractivity contribution < 1.29 is 13.3 Å². The summed E-state index contributed by atoms with van der Waals surface area (Å²) in [6.07, 6.45) is 7.19. The van der Waals surface area contributed by atoms with E-state index in [9.17, 15) is 18.5 Å². The molecule has 0 amide bonds. The molecular formula is C18H27N3O4S. The molecule has 0 spiro atoms. The minimum atomic E-state index is -3.74. The van der Waals surface area contributed by atoms with Gasteiger partial charge in [0.05, 0.1) is 26.8 Å². The van der Waals surface area contributed by atoms with Crippen LogP contribution in [0, 0.1) is 22.5 Å². The Kier molecular flexibility index (Phi) is 8.06. The van der Waals surface area contributed by atoms with Crippen molar-refractivity contribution in [3.63, 3.8) is 0 Å². The van der Waals surface area contributed by atoms with Crippen molar-refractivity contribution in [1.29, 1.82) is 0 Å². The van der Waals surface area contributed by atoms with Gasteiger partial charge in [-0.3, -0.25) is 10.1 Å². The smallest absolute Gasteiger partial charge is 0.272 e. The number of hydrogen-bond acceptors (Lipinski definition) is 6. The van der Waals surface area contributed by atoms with E-state index in [0.29, 0.717) is 25.3 Å². The fourth-order valence-electron chi connectivity index (χ4n) is 2.66. The molecular weight excluding hydrogens is 354 g/mol. The molecule has 0 radical (unpaired) electrons. The highest BCUT2D eigenvalue weighted by Crippen LogP contribution is 2.34. The molecule has 0 heterocycles. The van der Waals surface area contributed by atoms with Crippen LogP contribution in [-0.2, 0) is 9.84 Å². The van der Waals surface area contributed by atoms with Crippen LogP contribution in [0.4, 0.5) is 11.4 Å². The van der Waals surface area contributed by atoms with Crippen LogP contribution in [0.15, 0.2) is 17.0 Å². The minimum absolute atomic E-state index is 0.0524.